The van der Waals surface area contributed by atoms with Crippen LogP contribution in [-0.4, -0.2) is 35.1 Å². The number of nitrogens with one attached hydrogen (secondary N) is 1. The van der Waals surface area contributed by atoms with Crippen molar-refractivity contribution in [2.24, 2.45) is 0 Å². The van der Waals surface area contributed by atoms with Crippen molar-refractivity contribution in [3.05, 3.63) is 16.7 Å². The Hall–Kier alpha value is -2.05. The highest BCUT2D eigenvalue weighted by molar-refractivity contribution is 5.77. The average Bonchev–Trinajstić information content (AvgIpc) is 2.30. The van der Waals surface area contributed by atoms with Crippen LogP contribution in [0, 0.1) is 0 Å². The van der Waals surface area contributed by atoms with E-state index < -0.39 is 5.56 Å². The molecule has 1 aromatic rings. The average molecular weight is 254 g/mol. The van der Waals surface area contributed by atoms with Crippen LogP contribution < -0.4 is 16.2 Å². The molecule has 7 nitrogen and oxygen atoms in total. The molecule has 0 aliphatic rings. The van der Waals surface area contributed by atoms with Crippen LogP contribution in [0.2, 0.25) is 0 Å². The number of hydrogen-bond acceptors (Lipinski definition) is 6. The fourth-order valence-electron chi connectivity index (χ4n) is 1.48. The molecule has 0 amide bonds. The maximum atomic E-state index is 11.5. The first-order chi connectivity index (χ1) is 8.47. The summed E-state index contributed by atoms with van der Waals surface area (Å²) in [5.41, 5.74) is 5.25. The van der Waals surface area contributed by atoms with E-state index in [1.54, 1.807) is 11.8 Å². The fourth-order valence-corrected chi connectivity index (χ4v) is 1.48. The minimum Gasteiger partial charge on any atom is -0.465 e. The summed E-state index contributed by atoms with van der Waals surface area (Å²) in [6.07, 6.45) is 1.26. The van der Waals surface area contributed by atoms with Gasteiger partial charge in [0, 0.05) is 6.04 Å². The summed E-state index contributed by atoms with van der Waals surface area (Å²) in [5, 5.41) is 0. The second-order valence-corrected chi connectivity index (χ2v) is 4.00. The fraction of sp³-hybridized carbons (Fsp3) is 0.545. The Morgan fingerprint density at radius 3 is 2.83 bits per heavy atom. The smallest absolute Gasteiger partial charge is 0.325 e. The van der Waals surface area contributed by atoms with Crippen molar-refractivity contribution in [2.75, 3.05) is 23.8 Å². The Morgan fingerprint density at radius 2 is 2.28 bits per heavy atom. The number of rotatable bonds is 5. The van der Waals surface area contributed by atoms with E-state index in [9.17, 15) is 9.59 Å². The van der Waals surface area contributed by atoms with Gasteiger partial charge in [-0.3, -0.25) is 9.59 Å². The van der Waals surface area contributed by atoms with Crippen LogP contribution in [0.4, 0.5) is 11.5 Å². The number of nitrogens with zero attached hydrogens (tertiary/aromatic N) is 2. The summed E-state index contributed by atoms with van der Waals surface area (Å²) < 4.78 is 4.88. The number of nitrogen functional groups attached to an aromatic ring is 1. The molecule has 0 radical (unpaired) electrons. The minimum absolute atomic E-state index is 0.00417. The van der Waals surface area contributed by atoms with Gasteiger partial charge in [0.05, 0.1) is 12.9 Å². The van der Waals surface area contributed by atoms with Gasteiger partial charge >= 0.3 is 5.97 Å². The first kappa shape index (κ1) is 14.0. The molecule has 0 saturated carbocycles. The van der Waals surface area contributed by atoms with Crippen molar-refractivity contribution in [2.45, 2.75) is 26.8 Å². The third-order valence-corrected chi connectivity index (χ3v) is 2.37. The van der Waals surface area contributed by atoms with Crippen LogP contribution in [0.25, 0.3) is 0 Å². The Balaban J connectivity index is 3.02. The van der Waals surface area contributed by atoms with Gasteiger partial charge in [-0.25, -0.2) is 4.98 Å². The molecule has 1 aromatic heterocycles. The van der Waals surface area contributed by atoms with Crippen molar-refractivity contribution in [1.29, 1.82) is 0 Å². The summed E-state index contributed by atoms with van der Waals surface area (Å²) in [4.78, 5) is 30.9. The Labute approximate surface area is 105 Å². The van der Waals surface area contributed by atoms with Crippen molar-refractivity contribution in [3.8, 4) is 0 Å². The van der Waals surface area contributed by atoms with E-state index >= 15 is 0 Å². The van der Waals surface area contributed by atoms with E-state index in [2.05, 4.69) is 9.97 Å². The molecule has 100 valence electrons. The second-order valence-electron chi connectivity index (χ2n) is 4.00. The van der Waals surface area contributed by atoms with E-state index in [1.807, 2.05) is 13.8 Å². The lowest BCUT2D eigenvalue weighted by atomic mass is 10.3. The first-order valence-corrected chi connectivity index (χ1v) is 5.72. The maximum Gasteiger partial charge on any atom is 0.325 e. The van der Waals surface area contributed by atoms with Crippen LogP contribution in [0.15, 0.2) is 11.1 Å². The van der Waals surface area contributed by atoms with Gasteiger partial charge in [-0.2, -0.15) is 0 Å². The third kappa shape index (κ3) is 3.22. The number of carbonyl (C=O) groups is 1. The van der Waals surface area contributed by atoms with E-state index in [0.29, 0.717) is 12.4 Å². The molecule has 3 N–H and O–H groups in total. The van der Waals surface area contributed by atoms with E-state index in [0.717, 1.165) is 0 Å². The van der Waals surface area contributed by atoms with E-state index in [1.165, 1.54) is 6.33 Å². The van der Waals surface area contributed by atoms with Gasteiger partial charge < -0.3 is 20.4 Å². The van der Waals surface area contributed by atoms with Gasteiger partial charge in [0.1, 0.15) is 12.2 Å². The van der Waals surface area contributed by atoms with Gasteiger partial charge in [-0.05, 0) is 20.8 Å². The molecular weight excluding hydrogens is 236 g/mol. The molecule has 0 aliphatic heterocycles. The summed E-state index contributed by atoms with van der Waals surface area (Å²) in [6, 6.07) is -0.0361. The Bertz CT molecular complexity index is 470. The number of H-pyrrole nitrogens is 1. The molecule has 0 unspecified atom stereocenters. The SMILES string of the molecule is CCOC(=O)CN(c1nc[nH]c(=O)c1N)C(C)C. The third-order valence-electron chi connectivity index (χ3n) is 2.37. The molecule has 0 aliphatic carbocycles. The normalized spacial score (nSPS) is 10.4. The first-order valence-electron chi connectivity index (χ1n) is 5.72. The van der Waals surface area contributed by atoms with Gasteiger partial charge in [0.2, 0.25) is 0 Å². The monoisotopic (exact) mass is 254 g/mol. The second kappa shape index (κ2) is 6.04. The van der Waals surface area contributed by atoms with E-state index in [4.69, 9.17) is 10.5 Å². The van der Waals surface area contributed by atoms with Crippen LogP contribution in [0.5, 0.6) is 0 Å². The van der Waals surface area contributed by atoms with Crippen LogP contribution >= 0.6 is 0 Å². The predicted octanol–water partition coefficient (Wildman–Crippen LogP) is 0.130. The topological polar surface area (TPSA) is 101 Å². The number of nitrogens with two attached hydrogens (primary N) is 1. The lowest BCUT2D eigenvalue weighted by molar-refractivity contribution is -0.141. The van der Waals surface area contributed by atoms with Gasteiger partial charge in [0.15, 0.2) is 5.82 Å². The highest BCUT2D eigenvalue weighted by atomic mass is 16.5. The molecule has 0 bridgehead atoms. The molecule has 1 rings (SSSR count). The number of aromatic nitrogens is 2. The number of aromatic amines is 1. The zero-order valence-electron chi connectivity index (χ0n) is 10.8. The van der Waals surface area contributed by atoms with Crippen LogP contribution in [0.1, 0.15) is 20.8 Å². The summed E-state index contributed by atoms with van der Waals surface area (Å²) in [6.45, 7) is 5.80. The number of ether oxygens (including phenoxy) is 1. The zero-order chi connectivity index (χ0) is 13.7. The lowest BCUT2D eigenvalue weighted by Gasteiger charge is -2.27. The van der Waals surface area contributed by atoms with Crippen molar-refractivity contribution in [1.82, 2.24) is 9.97 Å². The Kier molecular flexibility index (Phi) is 4.70. The molecule has 7 heteroatoms. The molecule has 0 fully saturated rings. The number of carbonyl (C=O) groups excluding carboxylic acids is 1. The summed E-state index contributed by atoms with van der Waals surface area (Å²) in [5.74, 6) is -0.0884. The highest BCUT2D eigenvalue weighted by Crippen LogP contribution is 2.17. The number of hydrogen-bond donors (Lipinski definition) is 2. The van der Waals surface area contributed by atoms with Gasteiger partial charge in [-0.15, -0.1) is 0 Å². The summed E-state index contributed by atoms with van der Waals surface area (Å²) in [7, 11) is 0. The molecule has 0 atom stereocenters. The maximum absolute atomic E-state index is 11.5. The van der Waals surface area contributed by atoms with E-state index in [-0.39, 0.29) is 24.2 Å². The van der Waals surface area contributed by atoms with Crippen molar-refractivity contribution < 1.29 is 9.53 Å². The largest absolute Gasteiger partial charge is 0.465 e. The standard InChI is InChI=1S/C11H18N4O3/c1-4-18-8(16)5-15(7(2)3)10-9(12)11(17)14-6-13-10/h6-7H,4-5,12H2,1-3H3,(H,13,14,17). The molecule has 18 heavy (non-hydrogen) atoms. The highest BCUT2D eigenvalue weighted by Gasteiger charge is 2.20. The van der Waals surface area contributed by atoms with Crippen molar-refractivity contribution in [3.63, 3.8) is 0 Å². The minimum atomic E-state index is -0.422. The molecule has 0 aromatic carbocycles. The quantitative estimate of drug-likeness (QED) is 0.724. The van der Waals surface area contributed by atoms with Crippen LogP contribution in [-0.2, 0) is 9.53 Å². The predicted molar refractivity (Wildman–Crippen MR) is 68.4 cm³/mol. The molecule has 0 spiro atoms. The number of anilines is 2. The Morgan fingerprint density at radius 1 is 1.61 bits per heavy atom. The zero-order valence-corrected chi connectivity index (χ0v) is 10.8. The lowest BCUT2D eigenvalue weighted by Crippen LogP contribution is -2.38. The van der Waals surface area contributed by atoms with Crippen molar-refractivity contribution >= 4 is 17.5 Å². The summed E-state index contributed by atoms with van der Waals surface area (Å²) >= 11 is 0. The molecule has 1 heterocycles. The van der Waals surface area contributed by atoms with Gasteiger partial charge in [0.25, 0.3) is 5.56 Å². The molecular formula is C11H18N4O3. The van der Waals surface area contributed by atoms with Gasteiger partial charge in [-0.1, -0.05) is 0 Å². The van der Waals surface area contributed by atoms with Crippen LogP contribution in [0.3, 0.4) is 0 Å². The molecule has 0 saturated heterocycles. The number of esters is 1.